The van der Waals surface area contributed by atoms with Gasteiger partial charge in [0.25, 0.3) is 0 Å². The molecular weight excluding hydrogens is 742 g/mol. The molecule has 0 saturated carbocycles. The van der Waals surface area contributed by atoms with Crippen LogP contribution in [0.25, 0.3) is 11.1 Å². The van der Waals surface area contributed by atoms with Gasteiger partial charge in [-0.05, 0) is 66.4 Å². The van der Waals surface area contributed by atoms with Crippen LogP contribution in [0, 0.1) is 25.2 Å². The largest absolute Gasteiger partial charge is 0.488 e. The number of pyridine rings is 1. The van der Waals surface area contributed by atoms with Crippen LogP contribution in [0.4, 0.5) is 0 Å². The normalized spacial score (nSPS) is 14.5. The lowest BCUT2D eigenvalue weighted by atomic mass is 9.91. The lowest BCUT2D eigenvalue weighted by Crippen LogP contribution is -2.54. The number of nitrogens with one attached hydrogen (secondary N) is 1. The van der Waals surface area contributed by atoms with Crippen molar-refractivity contribution in [2.75, 3.05) is 64.6 Å². The van der Waals surface area contributed by atoms with E-state index < -0.39 is 35.2 Å². The minimum absolute atomic E-state index is 0.0992. The molecule has 1 aromatic heterocycles. The number of halogens is 1. The molecule has 0 bridgehead atoms. The molecule has 55 heavy (non-hydrogen) atoms. The smallest absolute Gasteiger partial charge is 0.152 e. The van der Waals surface area contributed by atoms with Crippen molar-refractivity contribution in [2.24, 2.45) is 0 Å². The zero-order valence-electron chi connectivity index (χ0n) is 31.6. The van der Waals surface area contributed by atoms with Crippen LogP contribution in [0.5, 0.6) is 11.5 Å². The van der Waals surface area contributed by atoms with Crippen LogP contribution in [-0.4, -0.2) is 109 Å². The van der Waals surface area contributed by atoms with E-state index >= 15 is 0 Å². The summed E-state index contributed by atoms with van der Waals surface area (Å²) in [5.74, 6) is 1.27. The molecule has 0 spiro atoms. The molecule has 2 heterocycles. The van der Waals surface area contributed by atoms with E-state index in [0.717, 1.165) is 41.9 Å². The monoisotopic (exact) mass is 791 g/mol. The first-order valence-corrected chi connectivity index (χ1v) is 20.4. The molecule has 12 nitrogen and oxygen atoms in total. The van der Waals surface area contributed by atoms with Gasteiger partial charge in [-0.1, -0.05) is 48.0 Å². The summed E-state index contributed by atoms with van der Waals surface area (Å²) in [4.78, 5) is 8.61. The van der Waals surface area contributed by atoms with Gasteiger partial charge in [0.05, 0.1) is 47.5 Å². The molecular formula is C41H50ClN5O7S. The number of benzene rings is 3. The summed E-state index contributed by atoms with van der Waals surface area (Å²) < 4.78 is 36.2. The predicted molar refractivity (Wildman–Crippen MR) is 213 cm³/mol. The minimum Gasteiger partial charge on any atom is -0.488 e. The average Bonchev–Trinajstić information content (AvgIpc) is 3.19. The van der Waals surface area contributed by atoms with E-state index in [2.05, 4.69) is 71.3 Å². The Morgan fingerprint density at radius 2 is 1.55 bits per heavy atom. The maximum absolute atomic E-state index is 11.8. The number of aliphatic hydroxyl groups excluding tert-OH is 3. The maximum atomic E-state index is 11.8. The third-order valence-electron chi connectivity index (χ3n) is 10.2. The van der Waals surface area contributed by atoms with Gasteiger partial charge in [0, 0.05) is 68.9 Å². The molecule has 14 heteroatoms. The molecule has 1 saturated heterocycles. The van der Waals surface area contributed by atoms with Crippen LogP contribution in [0.1, 0.15) is 38.9 Å². The first kappa shape index (κ1) is 42.1. The number of aliphatic hydroxyl groups is 3. The molecule has 4 N–H and O–H groups in total. The second-order valence-electron chi connectivity index (χ2n) is 14.2. The van der Waals surface area contributed by atoms with Crippen LogP contribution >= 0.6 is 11.6 Å². The highest BCUT2D eigenvalue weighted by atomic mass is 35.5. The SMILES string of the molecule is Cc1c(COc2cc(OCc3cncc(C#N)c3)c(CNC(CO)(CO)CO)cc2Cl)cccc1-c1cccc(CN(C)CCN2CCS(=O)(=O)CC2)c1C. The molecule has 0 amide bonds. The Morgan fingerprint density at radius 1 is 0.909 bits per heavy atom. The van der Waals surface area contributed by atoms with Crippen molar-refractivity contribution in [2.45, 2.75) is 45.7 Å². The number of likely N-dealkylation sites (N-methyl/N-ethyl adjacent to an activating group) is 1. The lowest BCUT2D eigenvalue weighted by molar-refractivity contribution is 0.0412. The van der Waals surface area contributed by atoms with Gasteiger partial charge < -0.3 is 39.9 Å². The lowest BCUT2D eigenvalue weighted by Gasteiger charge is -2.29. The van der Waals surface area contributed by atoms with Crippen LogP contribution in [0.3, 0.4) is 0 Å². The van der Waals surface area contributed by atoms with Crippen molar-refractivity contribution >= 4 is 21.4 Å². The number of sulfone groups is 1. The van der Waals surface area contributed by atoms with Crippen LogP contribution < -0.4 is 14.8 Å². The maximum Gasteiger partial charge on any atom is 0.152 e. The van der Waals surface area contributed by atoms with Crippen molar-refractivity contribution < 1.29 is 33.2 Å². The summed E-state index contributed by atoms with van der Waals surface area (Å²) in [5.41, 5.74) is 7.06. The zero-order chi connectivity index (χ0) is 39.6. The van der Waals surface area contributed by atoms with Gasteiger partial charge in [0.1, 0.15) is 30.8 Å². The summed E-state index contributed by atoms with van der Waals surface area (Å²) in [6.45, 7) is 6.79. The number of aromatic nitrogens is 1. The molecule has 4 aromatic rings. The quantitative estimate of drug-likeness (QED) is 0.115. The van der Waals surface area contributed by atoms with Gasteiger partial charge in [-0.15, -0.1) is 0 Å². The molecule has 0 unspecified atom stereocenters. The average molecular weight is 792 g/mol. The molecule has 0 atom stereocenters. The molecule has 294 valence electrons. The zero-order valence-corrected chi connectivity index (χ0v) is 33.2. The molecule has 1 aliphatic heterocycles. The number of hydrogen-bond acceptors (Lipinski definition) is 12. The van der Waals surface area contributed by atoms with E-state index in [-0.39, 0.29) is 31.3 Å². The molecule has 1 fully saturated rings. The highest BCUT2D eigenvalue weighted by Gasteiger charge is 2.28. The number of ether oxygens (including phenoxy) is 2. The second-order valence-corrected chi connectivity index (χ2v) is 16.9. The molecule has 0 aliphatic carbocycles. The summed E-state index contributed by atoms with van der Waals surface area (Å²) in [7, 11) is -0.802. The fourth-order valence-corrected chi connectivity index (χ4v) is 7.96. The first-order valence-electron chi connectivity index (χ1n) is 18.2. The Balaban J connectivity index is 1.31. The summed E-state index contributed by atoms with van der Waals surface area (Å²) in [5, 5.41) is 42.2. The summed E-state index contributed by atoms with van der Waals surface area (Å²) in [6.07, 6.45) is 3.08. The number of nitrogens with zero attached hydrogens (tertiary/aromatic N) is 4. The topological polar surface area (TPSA) is 168 Å². The second kappa shape index (κ2) is 19.2. The Kier molecular flexibility index (Phi) is 14.7. The van der Waals surface area contributed by atoms with E-state index in [9.17, 15) is 29.0 Å². The summed E-state index contributed by atoms with van der Waals surface area (Å²) >= 11 is 6.77. The highest BCUT2D eigenvalue weighted by molar-refractivity contribution is 7.91. The third-order valence-corrected chi connectivity index (χ3v) is 12.1. The van der Waals surface area contributed by atoms with Crippen molar-refractivity contribution in [3.05, 3.63) is 111 Å². The molecule has 3 aromatic carbocycles. The Hall–Kier alpha value is -4.10. The van der Waals surface area contributed by atoms with Gasteiger partial charge in [0.2, 0.25) is 0 Å². The fourth-order valence-electron chi connectivity index (χ4n) is 6.44. The van der Waals surface area contributed by atoms with Crippen molar-refractivity contribution in [1.82, 2.24) is 20.1 Å². The van der Waals surface area contributed by atoms with Gasteiger partial charge >= 0.3 is 0 Å². The van der Waals surface area contributed by atoms with Gasteiger partial charge in [0.15, 0.2) is 9.84 Å². The van der Waals surface area contributed by atoms with E-state index in [1.54, 1.807) is 24.4 Å². The first-order chi connectivity index (χ1) is 26.4. The van der Waals surface area contributed by atoms with Crippen molar-refractivity contribution in [3.8, 4) is 28.7 Å². The molecule has 0 radical (unpaired) electrons. The van der Waals surface area contributed by atoms with Crippen molar-refractivity contribution in [3.63, 3.8) is 0 Å². The number of nitriles is 1. The van der Waals surface area contributed by atoms with Crippen molar-refractivity contribution in [1.29, 1.82) is 5.26 Å². The van der Waals surface area contributed by atoms with Gasteiger partial charge in [-0.3, -0.25) is 4.98 Å². The van der Waals surface area contributed by atoms with Gasteiger partial charge in [-0.2, -0.15) is 5.26 Å². The predicted octanol–water partition coefficient (Wildman–Crippen LogP) is 4.02. The van der Waals surface area contributed by atoms with Crippen LogP contribution in [-0.2, 0) is 36.1 Å². The van der Waals surface area contributed by atoms with Gasteiger partial charge in [-0.25, -0.2) is 8.42 Å². The van der Waals surface area contributed by atoms with Crippen LogP contribution in [0.15, 0.2) is 67.0 Å². The van der Waals surface area contributed by atoms with E-state index in [4.69, 9.17) is 21.1 Å². The molecule has 1 aliphatic rings. The Bertz CT molecular complexity index is 2070. The Morgan fingerprint density at radius 3 is 2.20 bits per heavy atom. The fraction of sp³-hybridized carbons (Fsp3) is 0.415. The standard InChI is InChI=1S/C41H50ClN5O7S/c1-29-33(23-46(3)10-11-47-12-14-55(51,52)15-13-47)6-4-8-36(29)37-9-5-7-34(30(37)2)25-54-40-18-39(53-24-32-16-31(19-43)20-44-21-32)35(17-38(40)42)22-45-41(26-48,27-49)28-50/h4-9,16-18,20-21,45,48-50H,10-15,22-28H2,1-3H3. The highest BCUT2D eigenvalue weighted by Crippen LogP contribution is 2.36. The third kappa shape index (κ3) is 11.0. The van der Waals surface area contributed by atoms with Crippen LogP contribution in [0.2, 0.25) is 5.02 Å². The Labute approximate surface area is 328 Å². The number of rotatable bonds is 18. The van der Waals surface area contributed by atoms with E-state index in [1.807, 2.05) is 12.1 Å². The van der Waals surface area contributed by atoms with E-state index in [1.165, 1.54) is 17.3 Å². The molecule has 5 rings (SSSR count). The summed E-state index contributed by atoms with van der Waals surface area (Å²) in [6, 6.07) is 19.7. The minimum atomic E-state index is -2.90. The number of hydrogen-bond donors (Lipinski definition) is 4. The van der Waals surface area contributed by atoms with E-state index in [0.29, 0.717) is 46.3 Å².